The number of rotatable bonds is 5. The normalized spacial score (nSPS) is 19.1. The van der Waals surface area contributed by atoms with E-state index in [1.165, 1.54) is 0 Å². The van der Waals surface area contributed by atoms with Crippen LogP contribution in [0.5, 0.6) is 0 Å². The number of nitrogens with one attached hydrogen (secondary N) is 1. The summed E-state index contributed by atoms with van der Waals surface area (Å²) in [5, 5.41) is 6.68. The Balaban J connectivity index is 1.85. The van der Waals surface area contributed by atoms with Crippen LogP contribution in [0, 0.1) is 6.92 Å². The smallest absolute Gasteiger partial charge is 0.170 e. The molecule has 16 heavy (non-hydrogen) atoms. The molecule has 1 atom stereocenters. The number of nitrogens with zero attached hydrogens (tertiary/aromatic N) is 1. The summed E-state index contributed by atoms with van der Waals surface area (Å²) in [4.78, 5) is 4.50. The van der Waals surface area contributed by atoms with Gasteiger partial charge in [-0.15, -0.1) is 11.3 Å². The molecule has 1 fully saturated rings. The van der Waals surface area contributed by atoms with Crippen LogP contribution >= 0.6 is 11.3 Å². The van der Waals surface area contributed by atoms with Gasteiger partial charge in [-0.2, -0.15) is 0 Å². The number of aromatic nitrogens is 1. The van der Waals surface area contributed by atoms with Gasteiger partial charge in [-0.25, -0.2) is 4.98 Å². The molecule has 0 radical (unpaired) electrons. The molecule has 0 saturated carbocycles. The molecule has 0 unspecified atom stereocenters. The van der Waals surface area contributed by atoms with Gasteiger partial charge in [-0.05, 0) is 13.3 Å². The first-order chi connectivity index (χ1) is 7.79. The SMILES string of the molecule is CC[C@H](NCC1OCCO1)c1nc(C)cs1. The summed E-state index contributed by atoms with van der Waals surface area (Å²) in [7, 11) is 0. The van der Waals surface area contributed by atoms with Crippen molar-refractivity contribution in [3.63, 3.8) is 0 Å². The largest absolute Gasteiger partial charge is 0.349 e. The molecule has 90 valence electrons. The Morgan fingerprint density at radius 2 is 2.31 bits per heavy atom. The lowest BCUT2D eigenvalue weighted by molar-refractivity contribution is -0.0407. The van der Waals surface area contributed by atoms with Crippen LogP contribution in [0.15, 0.2) is 5.38 Å². The zero-order chi connectivity index (χ0) is 11.4. The molecule has 1 aliphatic heterocycles. The van der Waals surface area contributed by atoms with Crippen LogP contribution in [0.1, 0.15) is 30.1 Å². The van der Waals surface area contributed by atoms with Gasteiger partial charge >= 0.3 is 0 Å². The standard InChI is InChI=1S/C11H18N2O2S/c1-3-9(11-13-8(2)7-16-11)12-6-10-14-4-5-15-10/h7,9-10,12H,3-6H2,1-2H3/t9-/m0/s1. The van der Waals surface area contributed by atoms with Gasteiger partial charge in [-0.1, -0.05) is 6.92 Å². The van der Waals surface area contributed by atoms with Crippen molar-refractivity contribution in [2.75, 3.05) is 19.8 Å². The molecule has 1 aromatic rings. The predicted molar refractivity (Wildman–Crippen MR) is 63.6 cm³/mol. The molecule has 0 bridgehead atoms. The Kier molecular flexibility index (Phi) is 4.29. The van der Waals surface area contributed by atoms with Crippen molar-refractivity contribution in [3.05, 3.63) is 16.1 Å². The van der Waals surface area contributed by atoms with Crippen LogP contribution in [-0.2, 0) is 9.47 Å². The van der Waals surface area contributed by atoms with Gasteiger partial charge in [0.25, 0.3) is 0 Å². The molecule has 1 saturated heterocycles. The predicted octanol–water partition coefficient (Wildman–Crippen LogP) is 1.87. The molecule has 1 N–H and O–H groups in total. The van der Waals surface area contributed by atoms with Gasteiger partial charge in [0.05, 0.1) is 19.3 Å². The van der Waals surface area contributed by atoms with Gasteiger partial charge < -0.3 is 14.8 Å². The Hall–Kier alpha value is -0.490. The second-order valence-electron chi connectivity index (χ2n) is 3.87. The number of hydrogen-bond donors (Lipinski definition) is 1. The van der Waals surface area contributed by atoms with E-state index in [1.54, 1.807) is 11.3 Å². The van der Waals surface area contributed by atoms with E-state index in [1.807, 2.05) is 6.92 Å². The van der Waals surface area contributed by atoms with E-state index in [-0.39, 0.29) is 6.29 Å². The van der Waals surface area contributed by atoms with Gasteiger partial charge in [0, 0.05) is 17.6 Å². The zero-order valence-electron chi connectivity index (χ0n) is 9.73. The highest BCUT2D eigenvalue weighted by molar-refractivity contribution is 7.09. The molecule has 5 heteroatoms. The summed E-state index contributed by atoms with van der Waals surface area (Å²) in [5.74, 6) is 0. The van der Waals surface area contributed by atoms with E-state index in [9.17, 15) is 0 Å². The minimum absolute atomic E-state index is 0.0879. The molecule has 1 aromatic heterocycles. The monoisotopic (exact) mass is 242 g/mol. The van der Waals surface area contributed by atoms with Crippen LogP contribution in [0.3, 0.4) is 0 Å². The number of thiazole rings is 1. The second-order valence-corrected chi connectivity index (χ2v) is 4.76. The van der Waals surface area contributed by atoms with Gasteiger partial charge in [-0.3, -0.25) is 0 Å². The first-order valence-electron chi connectivity index (χ1n) is 5.68. The summed E-state index contributed by atoms with van der Waals surface area (Å²) in [5.41, 5.74) is 1.09. The third-order valence-corrected chi connectivity index (χ3v) is 3.64. The summed E-state index contributed by atoms with van der Waals surface area (Å²) in [6, 6.07) is 0.312. The average molecular weight is 242 g/mol. The lowest BCUT2D eigenvalue weighted by Crippen LogP contribution is -2.30. The first-order valence-corrected chi connectivity index (χ1v) is 6.56. The fraction of sp³-hybridized carbons (Fsp3) is 0.727. The molecule has 0 aromatic carbocycles. The number of hydrogen-bond acceptors (Lipinski definition) is 5. The fourth-order valence-corrected chi connectivity index (χ4v) is 2.66. The average Bonchev–Trinajstić information content (AvgIpc) is 2.91. The molecule has 0 amide bonds. The third-order valence-electron chi connectivity index (χ3n) is 2.56. The topological polar surface area (TPSA) is 43.4 Å². The van der Waals surface area contributed by atoms with Crippen molar-refractivity contribution in [1.82, 2.24) is 10.3 Å². The van der Waals surface area contributed by atoms with E-state index >= 15 is 0 Å². The number of aryl methyl sites for hydroxylation is 1. The number of ether oxygens (including phenoxy) is 2. The molecule has 0 aliphatic carbocycles. The quantitative estimate of drug-likeness (QED) is 0.856. The summed E-state index contributed by atoms with van der Waals surface area (Å²) < 4.78 is 10.8. The van der Waals surface area contributed by atoms with E-state index in [0.717, 1.165) is 23.7 Å². The molecular formula is C11H18N2O2S. The van der Waals surface area contributed by atoms with Crippen LogP contribution in [0.4, 0.5) is 0 Å². The van der Waals surface area contributed by atoms with Crippen LogP contribution in [0.25, 0.3) is 0 Å². The van der Waals surface area contributed by atoms with Crippen molar-refractivity contribution in [3.8, 4) is 0 Å². The van der Waals surface area contributed by atoms with E-state index in [2.05, 4.69) is 22.6 Å². The summed E-state index contributed by atoms with van der Waals surface area (Å²) in [6.07, 6.45) is 0.940. The molecule has 4 nitrogen and oxygen atoms in total. The van der Waals surface area contributed by atoms with Crippen molar-refractivity contribution in [2.45, 2.75) is 32.6 Å². The van der Waals surface area contributed by atoms with E-state index in [0.29, 0.717) is 19.3 Å². The Bertz CT molecular complexity index is 324. The minimum Gasteiger partial charge on any atom is -0.349 e. The molecule has 1 aliphatic rings. The van der Waals surface area contributed by atoms with Crippen LogP contribution in [-0.4, -0.2) is 31.0 Å². The molecule has 2 rings (SSSR count). The maximum absolute atomic E-state index is 5.39. The second kappa shape index (κ2) is 5.72. The zero-order valence-corrected chi connectivity index (χ0v) is 10.5. The van der Waals surface area contributed by atoms with E-state index in [4.69, 9.17) is 9.47 Å². The highest BCUT2D eigenvalue weighted by Gasteiger charge is 2.19. The fourth-order valence-electron chi connectivity index (χ4n) is 1.70. The van der Waals surface area contributed by atoms with Gasteiger partial charge in [0.1, 0.15) is 5.01 Å². The lowest BCUT2D eigenvalue weighted by Gasteiger charge is -2.16. The third kappa shape index (κ3) is 3.01. The first kappa shape index (κ1) is 12.0. The maximum Gasteiger partial charge on any atom is 0.170 e. The summed E-state index contributed by atoms with van der Waals surface area (Å²) >= 11 is 1.71. The Labute approximate surface area is 100.0 Å². The highest BCUT2D eigenvalue weighted by Crippen LogP contribution is 2.20. The Morgan fingerprint density at radius 3 is 2.88 bits per heavy atom. The van der Waals surface area contributed by atoms with Crippen molar-refractivity contribution < 1.29 is 9.47 Å². The summed E-state index contributed by atoms with van der Waals surface area (Å²) in [6.45, 7) is 6.33. The molecule has 2 heterocycles. The Morgan fingerprint density at radius 1 is 1.56 bits per heavy atom. The molecular weight excluding hydrogens is 224 g/mol. The van der Waals surface area contributed by atoms with Crippen molar-refractivity contribution >= 4 is 11.3 Å². The van der Waals surface area contributed by atoms with E-state index < -0.39 is 0 Å². The van der Waals surface area contributed by atoms with Crippen molar-refractivity contribution in [1.29, 1.82) is 0 Å². The molecule has 0 spiro atoms. The maximum atomic E-state index is 5.39. The van der Waals surface area contributed by atoms with Gasteiger partial charge in [0.2, 0.25) is 0 Å². The van der Waals surface area contributed by atoms with Crippen LogP contribution < -0.4 is 5.32 Å². The lowest BCUT2D eigenvalue weighted by atomic mass is 10.2. The van der Waals surface area contributed by atoms with Gasteiger partial charge in [0.15, 0.2) is 6.29 Å². The van der Waals surface area contributed by atoms with Crippen LogP contribution in [0.2, 0.25) is 0 Å². The highest BCUT2D eigenvalue weighted by atomic mass is 32.1. The van der Waals surface area contributed by atoms with Crippen molar-refractivity contribution in [2.24, 2.45) is 0 Å². The minimum atomic E-state index is -0.0879.